The number of carbonyl (C=O) groups is 1. The Morgan fingerprint density at radius 3 is 2.51 bits per heavy atom. The number of amides is 2. The van der Waals surface area contributed by atoms with Crippen LogP contribution in [0.3, 0.4) is 0 Å². The number of pyridine rings is 1. The van der Waals surface area contributed by atoms with E-state index in [1.807, 2.05) is 42.5 Å². The number of carbonyl (C=O) groups excluding carboxylic acids is 1. The van der Waals surface area contributed by atoms with Gasteiger partial charge in [-0.05, 0) is 60.2 Å². The van der Waals surface area contributed by atoms with Crippen LogP contribution in [0.15, 0.2) is 66.7 Å². The van der Waals surface area contributed by atoms with Gasteiger partial charge in [-0.3, -0.25) is 5.43 Å². The zero-order chi connectivity index (χ0) is 26.4. The minimum absolute atomic E-state index is 0.382. The van der Waals surface area contributed by atoms with Crippen LogP contribution in [0.4, 0.5) is 20.6 Å². The molecule has 0 saturated heterocycles. The molecule has 2 amide bonds. The summed E-state index contributed by atoms with van der Waals surface area (Å²) in [6.07, 6.45) is 0. The first-order chi connectivity index (χ1) is 18.0. The number of methoxy groups -OCH3 is 1. The summed E-state index contributed by atoms with van der Waals surface area (Å²) in [6.45, 7) is 1.08. The Labute approximate surface area is 224 Å². The molecule has 0 unspecified atom stereocenters. The van der Waals surface area contributed by atoms with E-state index in [4.69, 9.17) is 38.8 Å². The summed E-state index contributed by atoms with van der Waals surface area (Å²) in [5, 5.41) is 3.32. The lowest BCUT2D eigenvalue weighted by atomic mass is 9.95. The number of anilines is 2. The summed E-state index contributed by atoms with van der Waals surface area (Å²) in [5.41, 5.74) is 6.99. The second-order valence-electron chi connectivity index (χ2n) is 8.14. The van der Waals surface area contributed by atoms with Crippen LogP contribution in [0.2, 0.25) is 0 Å². The highest BCUT2D eigenvalue weighted by Gasteiger charge is 2.18. The Kier molecular flexibility index (Phi) is 8.66. The molecule has 1 aromatic heterocycles. The topological polar surface area (TPSA) is 92.5 Å². The third kappa shape index (κ3) is 6.05. The van der Waals surface area contributed by atoms with Crippen molar-refractivity contribution in [2.45, 2.75) is 0 Å². The van der Waals surface area contributed by atoms with Crippen molar-refractivity contribution in [3.63, 3.8) is 0 Å². The number of halogens is 3. The maximum atomic E-state index is 14.5. The van der Waals surface area contributed by atoms with E-state index in [2.05, 4.69) is 15.6 Å². The van der Waals surface area contributed by atoms with Gasteiger partial charge in [0.2, 0.25) is 0 Å². The Morgan fingerprint density at radius 2 is 1.81 bits per heavy atom. The molecule has 0 atom stereocenters. The number of nitrogens with two attached hydrogens (primary N) is 1. The van der Waals surface area contributed by atoms with Crippen LogP contribution in [-0.2, 0) is 0 Å². The van der Waals surface area contributed by atoms with Crippen LogP contribution in [0.25, 0.3) is 33.3 Å². The number of nitrogens with zero attached hydrogens (tertiary/aromatic N) is 2. The molecule has 3 aromatic carbocycles. The predicted octanol–water partition coefficient (Wildman–Crippen LogP) is 6.00. The van der Waals surface area contributed by atoms with Crippen molar-refractivity contribution >= 4 is 51.5 Å². The number of hydrogen-bond donors (Lipinski definition) is 3. The molecule has 4 N–H and O–H groups in total. The molecule has 37 heavy (non-hydrogen) atoms. The molecule has 0 aliphatic carbocycles. The van der Waals surface area contributed by atoms with Crippen molar-refractivity contribution in [1.29, 1.82) is 0 Å². The van der Waals surface area contributed by atoms with Crippen LogP contribution >= 0.6 is 23.2 Å². The van der Waals surface area contributed by atoms with Gasteiger partial charge in [0.05, 0.1) is 18.3 Å². The number of fused-ring (bicyclic) bond motifs is 1. The van der Waals surface area contributed by atoms with E-state index in [0.29, 0.717) is 52.9 Å². The van der Waals surface area contributed by atoms with Crippen molar-refractivity contribution in [3.8, 4) is 28.1 Å². The van der Waals surface area contributed by atoms with Gasteiger partial charge in [-0.25, -0.2) is 20.0 Å². The number of aromatic nitrogens is 1. The van der Waals surface area contributed by atoms with Crippen LogP contribution in [0.5, 0.6) is 5.75 Å². The maximum absolute atomic E-state index is 14.5. The molecule has 7 nitrogen and oxygen atoms in total. The highest BCUT2D eigenvalue weighted by Crippen LogP contribution is 2.40. The van der Waals surface area contributed by atoms with Crippen molar-refractivity contribution in [2.24, 2.45) is 5.84 Å². The van der Waals surface area contributed by atoms with E-state index in [0.717, 1.165) is 22.4 Å². The van der Waals surface area contributed by atoms with Gasteiger partial charge in [0.1, 0.15) is 11.6 Å². The van der Waals surface area contributed by atoms with E-state index in [9.17, 15) is 9.18 Å². The van der Waals surface area contributed by atoms with Crippen molar-refractivity contribution in [2.75, 3.05) is 42.2 Å². The summed E-state index contributed by atoms with van der Waals surface area (Å²) >= 11 is 12.2. The molecule has 0 aliphatic heterocycles. The lowest BCUT2D eigenvalue weighted by Gasteiger charge is -2.27. The molecule has 0 saturated carbocycles. The van der Waals surface area contributed by atoms with Gasteiger partial charge >= 0.3 is 6.03 Å². The fraction of sp³-hybridized carbons (Fsp3) is 0.185. The molecule has 0 fully saturated rings. The Bertz CT molecular complexity index is 1410. The quantitative estimate of drug-likeness (QED) is 0.105. The summed E-state index contributed by atoms with van der Waals surface area (Å²) in [7, 11) is 1.60. The first-order valence-electron chi connectivity index (χ1n) is 11.5. The Hall–Kier alpha value is -3.59. The number of ether oxygens (including phenoxy) is 1. The zero-order valence-electron chi connectivity index (χ0n) is 20.1. The van der Waals surface area contributed by atoms with Crippen LogP contribution in [0.1, 0.15) is 0 Å². The molecule has 4 rings (SSSR count). The average molecular weight is 542 g/mol. The molecule has 10 heteroatoms. The number of nitrogens with one attached hydrogen (secondary N) is 2. The van der Waals surface area contributed by atoms with E-state index in [-0.39, 0.29) is 5.82 Å². The number of hydrazine groups is 1. The molecule has 4 aromatic rings. The Morgan fingerprint density at radius 1 is 1.03 bits per heavy atom. The Balaban J connectivity index is 2.01. The van der Waals surface area contributed by atoms with Crippen molar-refractivity contribution in [3.05, 3.63) is 72.5 Å². The number of hydrogen-bond acceptors (Lipinski definition) is 5. The second-order valence-corrected chi connectivity index (χ2v) is 8.90. The van der Waals surface area contributed by atoms with Gasteiger partial charge in [-0.2, -0.15) is 0 Å². The summed E-state index contributed by atoms with van der Waals surface area (Å²) in [4.78, 5) is 18.8. The first kappa shape index (κ1) is 26.5. The molecule has 0 radical (unpaired) electrons. The highest BCUT2D eigenvalue weighted by molar-refractivity contribution is 6.18. The number of benzene rings is 3. The maximum Gasteiger partial charge on any atom is 0.333 e. The van der Waals surface area contributed by atoms with E-state index in [1.165, 1.54) is 12.1 Å². The lowest BCUT2D eigenvalue weighted by molar-refractivity contribution is 0.252. The molecular formula is C27H26Cl2FN5O2. The summed E-state index contributed by atoms with van der Waals surface area (Å²) in [6, 6.07) is 18.8. The van der Waals surface area contributed by atoms with Gasteiger partial charge in [0.15, 0.2) is 0 Å². The van der Waals surface area contributed by atoms with E-state index in [1.54, 1.807) is 19.2 Å². The largest absolute Gasteiger partial charge is 0.497 e. The van der Waals surface area contributed by atoms with Crippen LogP contribution in [0, 0.1) is 5.82 Å². The van der Waals surface area contributed by atoms with Crippen LogP contribution in [-0.4, -0.2) is 43.0 Å². The van der Waals surface area contributed by atoms with Gasteiger partial charge in [0.25, 0.3) is 0 Å². The number of rotatable bonds is 9. The molecule has 0 spiro atoms. The smallest absolute Gasteiger partial charge is 0.333 e. The molecule has 1 heterocycles. The van der Waals surface area contributed by atoms with Crippen molar-refractivity contribution in [1.82, 2.24) is 10.4 Å². The van der Waals surface area contributed by atoms with Gasteiger partial charge in [-0.1, -0.05) is 12.1 Å². The van der Waals surface area contributed by atoms with Crippen LogP contribution < -0.4 is 26.2 Å². The number of urea groups is 1. The van der Waals surface area contributed by atoms with E-state index < -0.39 is 6.03 Å². The third-order valence-corrected chi connectivity index (χ3v) is 6.20. The monoisotopic (exact) mass is 541 g/mol. The van der Waals surface area contributed by atoms with Gasteiger partial charge in [0, 0.05) is 52.7 Å². The molecule has 0 aliphatic rings. The third-order valence-electron chi connectivity index (χ3n) is 5.86. The first-order valence-corrected chi connectivity index (χ1v) is 12.6. The standard InChI is InChI=1S/C27H26Cl2FN5O2/c1-37-20-4-2-3-17(13-20)25-16-21(22-14-18(30)5-7-24(22)33-25)23-15-19(32-27(36)34-31)6-8-26(23)35(11-9-28)12-10-29/h2-8,13-16H,9-12,31H2,1H3,(H2,32,34,36). The fourth-order valence-corrected chi connectivity index (χ4v) is 4.59. The normalized spacial score (nSPS) is 10.8. The van der Waals surface area contributed by atoms with Crippen molar-refractivity contribution < 1.29 is 13.9 Å². The predicted molar refractivity (Wildman–Crippen MR) is 149 cm³/mol. The highest BCUT2D eigenvalue weighted by atomic mass is 35.5. The zero-order valence-corrected chi connectivity index (χ0v) is 21.6. The SMILES string of the molecule is COc1cccc(-c2cc(-c3cc(NC(=O)NN)ccc3N(CCCl)CCCl)c3cc(F)ccc3n2)c1. The average Bonchev–Trinajstić information content (AvgIpc) is 2.92. The minimum atomic E-state index is -0.570. The second kappa shape index (κ2) is 12.1. The number of alkyl halides is 2. The molecular weight excluding hydrogens is 516 g/mol. The van der Waals surface area contributed by atoms with E-state index >= 15 is 0 Å². The molecule has 192 valence electrons. The minimum Gasteiger partial charge on any atom is -0.497 e. The molecule has 0 bridgehead atoms. The van der Waals surface area contributed by atoms with Gasteiger partial charge in [-0.15, -0.1) is 23.2 Å². The fourth-order valence-electron chi connectivity index (χ4n) is 4.18. The summed E-state index contributed by atoms with van der Waals surface area (Å²) < 4.78 is 19.9. The van der Waals surface area contributed by atoms with Gasteiger partial charge < -0.3 is 15.0 Å². The lowest BCUT2D eigenvalue weighted by Crippen LogP contribution is -2.34. The summed E-state index contributed by atoms with van der Waals surface area (Å²) in [5.74, 6) is 6.33.